The van der Waals surface area contributed by atoms with E-state index in [1.165, 1.54) is 11.2 Å². The van der Waals surface area contributed by atoms with Crippen molar-refractivity contribution in [2.45, 2.75) is 26.2 Å². The van der Waals surface area contributed by atoms with Crippen molar-refractivity contribution in [1.29, 1.82) is 0 Å². The second kappa shape index (κ2) is 4.61. The highest BCUT2D eigenvalue weighted by molar-refractivity contribution is 5.94. The van der Waals surface area contributed by atoms with Crippen LogP contribution in [0, 0.1) is 5.82 Å². The summed E-state index contributed by atoms with van der Waals surface area (Å²) in [5.41, 5.74) is -0.0855. The van der Waals surface area contributed by atoms with Crippen LogP contribution in [-0.2, 0) is 10.2 Å². The van der Waals surface area contributed by atoms with Gasteiger partial charge in [-0.15, -0.1) is 0 Å². The van der Waals surface area contributed by atoms with Crippen LogP contribution in [0.2, 0.25) is 0 Å². The monoisotopic (exact) mass is 252 g/mol. The average molecular weight is 252 g/mol. The predicted molar refractivity (Wildman–Crippen MR) is 65.9 cm³/mol. The average Bonchev–Trinajstić information content (AvgIpc) is 2.29. The number of aromatic nitrogens is 2. The Hall–Kier alpha value is -1.56. The maximum Gasteiger partial charge on any atom is 0.242 e. The highest BCUT2D eigenvalue weighted by Crippen LogP contribution is 2.27. The molecule has 18 heavy (non-hydrogen) atoms. The standard InChI is InChI=1S/C12H17FN4O/c1-12(2,3)10-9(13)11(16-7-15-10)17-5-4-14-6-8(17)18/h7,14H,4-6H2,1-3H3. The van der Waals surface area contributed by atoms with Crippen molar-refractivity contribution in [3.8, 4) is 0 Å². The maximum absolute atomic E-state index is 14.4. The van der Waals surface area contributed by atoms with Crippen LogP contribution in [-0.4, -0.2) is 35.5 Å². The molecule has 0 aliphatic carbocycles. The Balaban J connectivity index is 2.42. The highest BCUT2D eigenvalue weighted by Gasteiger charge is 2.28. The third-order valence-corrected chi connectivity index (χ3v) is 2.83. The van der Waals surface area contributed by atoms with Crippen LogP contribution in [0.15, 0.2) is 6.33 Å². The molecule has 2 heterocycles. The fourth-order valence-electron chi connectivity index (χ4n) is 1.90. The van der Waals surface area contributed by atoms with E-state index in [0.29, 0.717) is 18.8 Å². The lowest BCUT2D eigenvalue weighted by molar-refractivity contribution is -0.118. The molecular formula is C12H17FN4O. The van der Waals surface area contributed by atoms with Gasteiger partial charge in [-0.25, -0.2) is 14.4 Å². The number of carbonyl (C=O) groups is 1. The Kier molecular flexibility index (Phi) is 3.30. The van der Waals surface area contributed by atoms with Crippen molar-refractivity contribution in [2.24, 2.45) is 0 Å². The molecule has 98 valence electrons. The molecule has 0 spiro atoms. The quantitative estimate of drug-likeness (QED) is 0.805. The number of hydrogen-bond donors (Lipinski definition) is 1. The summed E-state index contributed by atoms with van der Waals surface area (Å²) in [4.78, 5) is 21.0. The number of amides is 1. The van der Waals surface area contributed by atoms with Gasteiger partial charge in [-0.2, -0.15) is 0 Å². The molecule has 0 saturated carbocycles. The van der Waals surface area contributed by atoms with E-state index < -0.39 is 11.2 Å². The first-order chi connectivity index (χ1) is 8.41. The van der Waals surface area contributed by atoms with E-state index in [-0.39, 0.29) is 18.3 Å². The number of hydrogen-bond acceptors (Lipinski definition) is 4. The minimum atomic E-state index is -0.500. The lowest BCUT2D eigenvalue weighted by Gasteiger charge is -2.28. The van der Waals surface area contributed by atoms with E-state index in [9.17, 15) is 9.18 Å². The van der Waals surface area contributed by atoms with E-state index in [1.54, 1.807) is 0 Å². The summed E-state index contributed by atoms with van der Waals surface area (Å²) in [6, 6.07) is 0. The van der Waals surface area contributed by atoms with Crippen LogP contribution in [0.3, 0.4) is 0 Å². The number of anilines is 1. The van der Waals surface area contributed by atoms with Crippen LogP contribution < -0.4 is 10.2 Å². The molecule has 2 rings (SSSR count). The number of nitrogens with one attached hydrogen (secondary N) is 1. The molecule has 1 saturated heterocycles. The molecule has 5 nitrogen and oxygen atoms in total. The molecule has 0 aromatic carbocycles. The van der Waals surface area contributed by atoms with Gasteiger partial charge in [0.2, 0.25) is 5.91 Å². The van der Waals surface area contributed by atoms with E-state index in [2.05, 4.69) is 15.3 Å². The topological polar surface area (TPSA) is 58.1 Å². The zero-order valence-electron chi connectivity index (χ0n) is 10.8. The van der Waals surface area contributed by atoms with Crippen LogP contribution in [0.5, 0.6) is 0 Å². The van der Waals surface area contributed by atoms with Gasteiger partial charge >= 0.3 is 0 Å². The third-order valence-electron chi connectivity index (χ3n) is 2.83. The second-order valence-corrected chi connectivity index (χ2v) is 5.33. The van der Waals surface area contributed by atoms with E-state index in [1.807, 2.05) is 20.8 Å². The molecule has 0 radical (unpaired) electrons. The van der Waals surface area contributed by atoms with Crippen molar-refractivity contribution in [1.82, 2.24) is 15.3 Å². The minimum Gasteiger partial charge on any atom is -0.307 e. The summed E-state index contributed by atoms with van der Waals surface area (Å²) in [5, 5.41) is 2.94. The summed E-state index contributed by atoms with van der Waals surface area (Å²) < 4.78 is 14.4. The molecule has 1 aliphatic heterocycles. The molecule has 0 atom stereocenters. The maximum atomic E-state index is 14.4. The number of rotatable bonds is 1. The van der Waals surface area contributed by atoms with Crippen LogP contribution >= 0.6 is 0 Å². The molecule has 0 bridgehead atoms. The molecule has 1 aromatic heterocycles. The van der Waals surface area contributed by atoms with Gasteiger partial charge < -0.3 is 5.32 Å². The summed E-state index contributed by atoms with van der Waals surface area (Å²) in [5.74, 6) is -0.583. The van der Waals surface area contributed by atoms with Gasteiger partial charge in [0.25, 0.3) is 0 Å². The van der Waals surface area contributed by atoms with Gasteiger partial charge in [0.1, 0.15) is 6.33 Å². The lowest BCUT2D eigenvalue weighted by Crippen LogP contribution is -2.49. The van der Waals surface area contributed by atoms with Crippen molar-refractivity contribution >= 4 is 11.7 Å². The first kappa shape index (κ1) is 12.9. The van der Waals surface area contributed by atoms with Gasteiger partial charge in [0.05, 0.1) is 12.2 Å². The van der Waals surface area contributed by atoms with Gasteiger partial charge in [-0.05, 0) is 0 Å². The molecule has 1 aliphatic rings. The third kappa shape index (κ3) is 2.33. The SMILES string of the molecule is CC(C)(C)c1ncnc(N2CCNCC2=O)c1F. The zero-order chi connectivity index (χ0) is 13.3. The lowest BCUT2D eigenvalue weighted by atomic mass is 9.91. The largest absolute Gasteiger partial charge is 0.307 e. The normalized spacial score (nSPS) is 17.1. The first-order valence-electron chi connectivity index (χ1n) is 5.93. The second-order valence-electron chi connectivity index (χ2n) is 5.33. The van der Waals surface area contributed by atoms with Crippen LogP contribution in [0.4, 0.5) is 10.2 Å². The van der Waals surface area contributed by atoms with Gasteiger partial charge in [-0.1, -0.05) is 20.8 Å². The fourth-order valence-corrected chi connectivity index (χ4v) is 1.90. The van der Waals surface area contributed by atoms with Gasteiger partial charge in [0.15, 0.2) is 11.6 Å². The minimum absolute atomic E-state index is 0.0847. The van der Waals surface area contributed by atoms with Gasteiger partial charge in [0, 0.05) is 18.5 Å². The molecule has 6 heteroatoms. The Morgan fingerprint density at radius 2 is 2.11 bits per heavy atom. The number of carbonyl (C=O) groups excluding carboxylic acids is 1. The number of halogens is 1. The van der Waals surface area contributed by atoms with Crippen molar-refractivity contribution in [3.63, 3.8) is 0 Å². The summed E-state index contributed by atoms with van der Waals surface area (Å²) in [7, 11) is 0. The molecule has 0 unspecified atom stereocenters. The number of piperazine rings is 1. The highest BCUT2D eigenvalue weighted by atomic mass is 19.1. The van der Waals surface area contributed by atoms with E-state index >= 15 is 0 Å². The summed E-state index contributed by atoms with van der Waals surface area (Å²) in [6.45, 7) is 6.91. The van der Waals surface area contributed by atoms with Crippen molar-refractivity contribution < 1.29 is 9.18 Å². The van der Waals surface area contributed by atoms with Crippen molar-refractivity contribution in [2.75, 3.05) is 24.5 Å². The fraction of sp³-hybridized carbons (Fsp3) is 0.583. The zero-order valence-corrected chi connectivity index (χ0v) is 10.8. The molecule has 1 aromatic rings. The molecule has 1 amide bonds. The number of nitrogens with zero attached hydrogens (tertiary/aromatic N) is 3. The Bertz CT molecular complexity index is 470. The Morgan fingerprint density at radius 1 is 1.39 bits per heavy atom. The summed E-state index contributed by atoms with van der Waals surface area (Å²) >= 11 is 0. The smallest absolute Gasteiger partial charge is 0.242 e. The van der Waals surface area contributed by atoms with Crippen LogP contribution in [0.25, 0.3) is 0 Å². The van der Waals surface area contributed by atoms with E-state index in [4.69, 9.17) is 0 Å². The van der Waals surface area contributed by atoms with E-state index in [0.717, 1.165) is 0 Å². The Morgan fingerprint density at radius 3 is 2.72 bits per heavy atom. The molecule has 1 N–H and O–H groups in total. The van der Waals surface area contributed by atoms with Crippen molar-refractivity contribution in [3.05, 3.63) is 17.8 Å². The molecular weight excluding hydrogens is 235 g/mol. The summed E-state index contributed by atoms with van der Waals surface area (Å²) in [6.07, 6.45) is 1.31. The molecule has 1 fully saturated rings. The predicted octanol–water partition coefficient (Wildman–Crippen LogP) is 0.849. The van der Waals surface area contributed by atoms with Gasteiger partial charge in [-0.3, -0.25) is 9.69 Å². The Labute approximate surface area is 105 Å². The first-order valence-corrected chi connectivity index (χ1v) is 5.93. The van der Waals surface area contributed by atoms with Crippen LogP contribution in [0.1, 0.15) is 26.5 Å².